The summed E-state index contributed by atoms with van der Waals surface area (Å²) in [6.07, 6.45) is -4.47. The summed E-state index contributed by atoms with van der Waals surface area (Å²) < 4.78 is 38.7. The minimum atomic E-state index is -4.47. The van der Waals surface area contributed by atoms with Gasteiger partial charge in [-0.25, -0.2) is 4.98 Å². The summed E-state index contributed by atoms with van der Waals surface area (Å²) in [4.78, 5) is 30.2. The van der Waals surface area contributed by atoms with Crippen molar-refractivity contribution < 1.29 is 18.0 Å². The second kappa shape index (κ2) is 8.61. The smallest absolute Gasteiger partial charge is 0.352 e. The van der Waals surface area contributed by atoms with Crippen molar-refractivity contribution in [1.29, 1.82) is 0 Å². The Morgan fingerprint density at radius 2 is 1.97 bits per heavy atom. The quantitative estimate of drug-likeness (QED) is 0.561. The number of carbonyl (C=O) groups is 1. The Morgan fingerprint density at radius 1 is 1.23 bits per heavy atom. The fourth-order valence-corrected chi connectivity index (χ4v) is 3.64. The second-order valence-corrected chi connectivity index (χ2v) is 8.32. The van der Waals surface area contributed by atoms with Crippen molar-refractivity contribution in [2.45, 2.75) is 26.6 Å². The molecule has 0 fully saturated rings. The van der Waals surface area contributed by atoms with Crippen LogP contribution in [0, 0.1) is 5.92 Å². The van der Waals surface area contributed by atoms with Crippen LogP contribution in [0.5, 0.6) is 0 Å². The fourth-order valence-electron chi connectivity index (χ4n) is 2.60. The first kappa shape index (κ1) is 22.0. The molecule has 5 nitrogen and oxygen atoms in total. The molecule has 2 aromatic heterocycles. The van der Waals surface area contributed by atoms with Gasteiger partial charge in [-0.2, -0.15) is 13.2 Å². The average molecular weight is 456 g/mol. The van der Waals surface area contributed by atoms with Gasteiger partial charge in [-0.1, -0.05) is 31.5 Å². The zero-order chi connectivity index (χ0) is 22.1. The molecule has 30 heavy (non-hydrogen) atoms. The van der Waals surface area contributed by atoms with E-state index < -0.39 is 16.6 Å². The number of carbonyl (C=O) groups excluding carboxylic acids is 1. The van der Waals surface area contributed by atoms with E-state index in [-0.39, 0.29) is 34.8 Å². The standard InChI is InChI=1S/C20H17ClF3N3O2S/c1-10(2)19(29)25-9-11-3-4-13(21)12(7-11)18-26-14(8-17(28)27-18)15-5-6-16(30-15)20(22,23)24/h3-8,10H,9H2,1-2H3,(H,25,29)(H,26,27,28). The molecule has 2 heterocycles. The van der Waals surface area contributed by atoms with Crippen molar-refractivity contribution in [2.75, 3.05) is 0 Å². The first-order valence-electron chi connectivity index (χ1n) is 8.90. The fraction of sp³-hybridized carbons (Fsp3) is 0.250. The average Bonchev–Trinajstić information content (AvgIpc) is 3.17. The van der Waals surface area contributed by atoms with Crippen molar-refractivity contribution in [3.8, 4) is 22.0 Å². The maximum Gasteiger partial charge on any atom is 0.425 e. The third kappa shape index (κ3) is 5.09. The molecule has 0 aliphatic heterocycles. The van der Waals surface area contributed by atoms with Gasteiger partial charge in [0.1, 0.15) is 10.7 Å². The number of H-pyrrole nitrogens is 1. The SMILES string of the molecule is CC(C)C(=O)NCc1ccc(Cl)c(-c2nc(-c3ccc(C(F)(F)F)s3)cc(=O)[nH]2)c1. The number of amides is 1. The maximum atomic E-state index is 12.9. The minimum Gasteiger partial charge on any atom is -0.352 e. The summed E-state index contributed by atoms with van der Waals surface area (Å²) >= 11 is 6.77. The largest absolute Gasteiger partial charge is 0.425 e. The van der Waals surface area contributed by atoms with E-state index in [2.05, 4.69) is 15.3 Å². The highest BCUT2D eigenvalue weighted by Crippen LogP contribution is 2.38. The monoisotopic (exact) mass is 455 g/mol. The third-order valence-corrected chi connectivity index (χ3v) is 5.64. The van der Waals surface area contributed by atoms with Gasteiger partial charge in [-0.15, -0.1) is 11.3 Å². The molecule has 0 atom stereocenters. The number of benzene rings is 1. The third-order valence-electron chi connectivity index (χ3n) is 4.16. The van der Waals surface area contributed by atoms with Crippen LogP contribution in [0.25, 0.3) is 22.0 Å². The van der Waals surface area contributed by atoms with Crippen molar-refractivity contribution >= 4 is 28.8 Å². The van der Waals surface area contributed by atoms with Crippen molar-refractivity contribution in [2.24, 2.45) is 5.92 Å². The number of rotatable bonds is 5. The molecule has 1 amide bonds. The molecule has 3 aromatic rings. The van der Waals surface area contributed by atoms with Crippen molar-refractivity contribution in [3.63, 3.8) is 0 Å². The van der Waals surface area contributed by atoms with Crippen LogP contribution >= 0.6 is 22.9 Å². The maximum absolute atomic E-state index is 12.9. The van der Waals surface area contributed by atoms with Crippen LogP contribution in [-0.4, -0.2) is 15.9 Å². The van der Waals surface area contributed by atoms with Gasteiger partial charge < -0.3 is 10.3 Å². The number of nitrogens with zero attached hydrogens (tertiary/aromatic N) is 1. The predicted octanol–water partition coefficient (Wildman–Crippen LogP) is 5.11. The molecule has 0 aliphatic rings. The Hall–Kier alpha value is -2.65. The van der Waals surface area contributed by atoms with E-state index in [1.807, 2.05) is 0 Å². The molecule has 0 spiro atoms. The van der Waals surface area contributed by atoms with Gasteiger partial charge in [-0.05, 0) is 29.8 Å². The molecular weight excluding hydrogens is 439 g/mol. The van der Waals surface area contributed by atoms with Crippen LogP contribution in [0.1, 0.15) is 24.3 Å². The van der Waals surface area contributed by atoms with Crippen LogP contribution in [0.4, 0.5) is 13.2 Å². The van der Waals surface area contributed by atoms with E-state index >= 15 is 0 Å². The van der Waals surface area contributed by atoms with E-state index in [0.29, 0.717) is 21.9 Å². The highest BCUT2D eigenvalue weighted by atomic mass is 35.5. The normalized spacial score (nSPS) is 11.7. The zero-order valence-corrected chi connectivity index (χ0v) is 17.5. The van der Waals surface area contributed by atoms with Gasteiger partial charge in [0.15, 0.2) is 0 Å². The van der Waals surface area contributed by atoms with E-state index in [4.69, 9.17) is 11.6 Å². The summed E-state index contributed by atoms with van der Waals surface area (Å²) in [5, 5.41) is 3.09. The summed E-state index contributed by atoms with van der Waals surface area (Å²) in [7, 11) is 0. The Morgan fingerprint density at radius 3 is 2.60 bits per heavy atom. The van der Waals surface area contributed by atoms with Gasteiger partial charge in [-0.3, -0.25) is 9.59 Å². The van der Waals surface area contributed by atoms with Crippen LogP contribution in [0.3, 0.4) is 0 Å². The predicted molar refractivity (Wildman–Crippen MR) is 110 cm³/mol. The molecule has 1 aromatic carbocycles. The highest BCUT2D eigenvalue weighted by Gasteiger charge is 2.32. The van der Waals surface area contributed by atoms with E-state index in [1.165, 1.54) is 6.07 Å². The van der Waals surface area contributed by atoms with Crippen LogP contribution in [0.15, 0.2) is 41.2 Å². The molecule has 3 rings (SSSR count). The summed E-state index contributed by atoms with van der Waals surface area (Å²) in [6, 6.07) is 8.36. The number of thiophene rings is 1. The molecule has 0 aliphatic carbocycles. The highest BCUT2D eigenvalue weighted by molar-refractivity contribution is 7.15. The molecule has 0 unspecified atom stereocenters. The van der Waals surface area contributed by atoms with Crippen LogP contribution in [0.2, 0.25) is 5.02 Å². The number of hydrogen-bond donors (Lipinski definition) is 2. The minimum absolute atomic E-state index is 0.113. The van der Waals surface area contributed by atoms with Crippen LogP contribution < -0.4 is 10.9 Å². The van der Waals surface area contributed by atoms with E-state index in [0.717, 1.165) is 17.7 Å². The number of halogens is 4. The Kier molecular flexibility index (Phi) is 6.33. The summed E-state index contributed by atoms with van der Waals surface area (Å²) in [5.41, 5.74) is 0.724. The number of alkyl halides is 3. The van der Waals surface area contributed by atoms with E-state index in [1.54, 1.807) is 32.0 Å². The lowest BCUT2D eigenvalue weighted by atomic mass is 10.1. The molecule has 0 saturated carbocycles. The second-order valence-electron chi connectivity index (χ2n) is 6.83. The Balaban J connectivity index is 1.96. The van der Waals surface area contributed by atoms with E-state index in [9.17, 15) is 22.8 Å². The Bertz CT molecular complexity index is 1140. The summed E-state index contributed by atoms with van der Waals surface area (Å²) in [6.45, 7) is 3.81. The van der Waals surface area contributed by atoms with Gasteiger partial charge in [0.05, 0.1) is 15.6 Å². The summed E-state index contributed by atoms with van der Waals surface area (Å²) in [5.74, 6) is -0.154. The topological polar surface area (TPSA) is 74.8 Å². The lowest BCUT2D eigenvalue weighted by molar-refractivity contribution is -0.134. The van der Waals surface area contributed by atoms with Gasteiger partial charge in [0, 0.05) is 24.1 Å². The molecule has 158 valence electrons. The molecule has 0 bridgehead atoms. The molecule has 10 heteroatoms. The zero-order valence-electron chi connectivity index (χ0n) is 15.9. The van der Waals surface area contributed by atoms with Crippen molar-refractivity contribution in [1.82, 2.24) is 15.3 Å². The van der Waals surface area contributed by atoms with Crippen LogP contribution in [-0.2, 0) is 17.5 Å². The molecule has 0 radical (unpaired) electrons. The van der Waals surface area contributed by atoms with Gasteiger partial charge in [0.25, 0.3) is 5.56 Å². The first-order valence-corrected chi connectivity index (χ1v) is 10.1. The molecule has 0 saturated heterocycles. The van der Waals surface area contributed by atoms with Crippen molar-refractivity contribution in [3.05, 3.63) is 62.2 Å². The number of aromatic amines is 1. The number of nitrogens with one attached hydrogen (secondary N) is 2. The lowest BCUT2D eigenvalue weighted by Gasteiger charge is -2.10. The first-order chi connectivity index (χ1) is 14.0. The lowest BCUT2D eigenvalue weighted by Crippen LogP contribution is -2.27. The Labute approximate surface area is 178 Å². The number of aromatic nitrogens is 2. The molecular formula is C20H17ClF3N3O2S. The number of hydrogen-bond acceptors (Lipinski definition) is 4. The van der Waals surface area contributed by atoms with Gasteiger partial charge in [0.2, 0.25) is 5.91 Å². The molecule has 2 N–H and O–H groups in total. The van der Waals surface area contributed by atoms with Gasteiger partial charge >= 0.3 is 6.18 Å².